The Labute approximate surface area is 204 Å². The van der Waals surface area contributed by atoms with Crippen LogP contribution in [0.2, 0.25) is 0 Å². The van der Waals surface area contributed by atoms with E-state index in [1.165, 1.54) is 12.3 Å². The van der Waals surface area contributed by atoms with E-state index in [2.05, 4.69) is 30.9 Å². The molecule has 2 aliphatic heterocycles. The van der Waals surface area contributed by atoms with Gasteiger partial charge in [0.15, 0.2) is 15.6 Å². The molecule has 7 nitrogen and oxygen atoms in total. The molecule has 34 heavy (non-hydrogen) atoms. The van der Waals surface area contributed by atoms with Crippen molar-refractivity contribution in [2.24, 2.45) is 5.92 Å². The molecule has 8 heteroatoms. The van der Waals surface area contributed by atoms with Gasteiger partial charge in [0.1, 0.15) is 0 Å². The van der Waals surface area contributed by atoms with Crippen LogP contribution in [0, 0.1) is 5.92 Å². The molecule has 2 unspecified atom stereocenters. The highest BCUT2D eigenvalue weighted by Gasteiger charge is 2.45. The number of rotatable bonds is 6. The predicted octanol–water partition coefficient (Wildman–Crippen LogP) is 3.50. The Morgan fingerprint density at radius 1 is 1.15 bits per heavy atom. The number of benzene rings is 1. The molecule has 2 atom stereocenters. The first-order valence-electron chi connectivity index (χ1n) is 12.5. The third kappa shape index (κ3) is 5.56. The van der Waals surface area contributed by atoms with Crippen LogP contribution in [0.15, 0.2) is 41.3 Å². The molecule has 2 heterocycles. The molecule has 1 saturated carbocycles. The second-order valence-electron chi connectivity index (χ2n) is 10.1. The van der Waals surface area contributed by atoms with E-state index in [1.54, 1.807) is 18.2 Å². The van der Waals surface area contributed by atoms with E-state index in [-0.39, 0.29) is 22.9 Å². The summed E-state index contributed by atoms with van der Waals surface area (Å²) < 4.78 is 36.7. The Morgan fingerprint density at radius 3 is 2.47 bits per heavy atom. The first-order valence-corrected chi connectivity index (χ1v) is 14.4. The lowest BCUT2D eigenvalue weighted by atomic mass is 9.98. The highest BCUT2D eigenvalue weighted by atomic mass is 32.2. The molecule has 0 bridgehead atoms. The van der Waals surface area contributed by atoms with Crippen LogP contribution in [0.5, 0.6) is 0 Å². The number of carbonyl (C=O) groups is 1. The number of carbonyl (C=O) groups excluding carboxylic acids is 1. The molecule has 0 N–H and O–H groups in total. The van der Waals surface area contributed by atoms with Gasteiger partial charge in [-0.2, -0.15) is 0 Å². The van der Waals surface area contributed by atoms with Gasteiger partial charge in [0.2, 0.25) is 0 Å². The predicted molar refractivity (Wildman–Crippen MR) is 131 cm³/mol. The van der Waals surface area contributed by atoms with Crippen molar-refractivity contribution in [3.63, 3.8) is 0 Å². The van der Waals surface area contributed by atoms with Crippen molar-refractivity contribution >= 4 is 15.7 Å². The molecule has 1 saturated heterocycles. The van der Waals surface area contributed by atoms with Crippen LogP contribution >= 0.6 is 0 Å². The minimum atomic E-state index is -3.39. The van der Waals surface area contributed by atoms with Crippen LogP contribution in [-0.4, -0.2) is 81.1 Å². The quantitative estimate of drug-likeness (QED) is 0.568. The van der Waals surface area contributed by atoms with Crippen molar-refractivity contribution in [1.29, 1.82) is 0 Å². The number of hydrogen-bond acceptors (Lipinski definition) is 6. The first kappa shape index (κ1) is 25.4. The number of nitrogens with zero attached hydrogens (tertiary/aromatic N) is 2. The third-order valence-electron chi connectivity index (χ3n) is 7.30. The molecule has 0 radical (unpaired) electrons. The van der Waals surface area contributed by atoms with Crippen LogP contribution < -0.4 is 0 Å². The molecule has 3 aliphatic rings. The summed E-state index contributed by atoms with van der Waals surface area (Å²) in [5, 5.41) is 0. The summed E-state index contributed by atoms with van der Waals surface area (Å²) in [5.41, 5.74) is 0.424. The van der Waals surface area contributed by atoms with Gasteiger partial charge in [0.05, 0.1) is 18.1 Å². The maximum absolute atomic E-state index is 13.8. The fourth-order valence-electron chi connectivity index (χ4n) is 5.45. The van der Waals surface area contributed by atoms with Gasteiger partial charge in [0.25, 0.3) is 5.91 Å². The molecule has 0 aromatic heterocycles. The van der Waals surface area contributed by atoms with Gasteiger partial charge >= 0.3 is 0 Å². The van der Waals surface area contributed by atoms with Gasteiger partial charge in [-0.05, 0) is 37.5 Å². The third-order valence-corrected chi connectivity index (χ3v) is 8.41. The summed E-state index contributed by atoms with van der Waals surface area (Å²) in [6.45, 7) is 8.00. The van der Waals surface area contributed by atoms with Gasteiger partial charge in [-0.3, -0.25) is 9.69 Å². The topological polar surface area (TPSA) is 76.2 Å². The van der Waals surface area contributed by atoms with Gasteiger partial charge in [-0.15, -0.1) is 0 Å². The molecule has 4 rings (SSSR count). The maximum Gasteiger partial charge on any atom is 0.254 e. The molecule has 1 amide bonds. The Morgan fingerprint density at radius 2 is 1.82 bits per heavy atom. The lowest BCUT2D eigenvalue weighted by Gasteiger charge is -2.40. The molecular weight excluding hydrogens is 452 g/mol. The summed E-state index contributed by atoms with van der Waals surface area (Å²) in [5.74, 6) is -0.280. The minimum Gasteiger partial charge on any atom is -0.350 e. The van der Waals surface area contributed by atoms with Crippen LogP contribution in [0.1, 0.15) is 56.3 Å². The molecule has 1 spiro atoms. The fraction of sp³-hybridized carbons (Fsp3) is 0.654. The van der Waals surface area contributed by atoms with Crippen LogP contribution in [0.3, 0.4) is 0 Å². The Bertz CT molecular complexity index is 992. The van der Waals surface area contributed by atoms with Crippen LogP contribution in [0.25, 0.3) is 0 Å². The molecular formula is C26H38N2O5S. The van der Waals surface area contributed by atoms with Crippen LogP contribution in [0.4, 0.5) is 0 Å². The zero-order valence-electron chi connectivity index (χ0n) is 20.6. The standard InChI is InChI=1S/C26H38N2O5S/c1-4-14-28(25(29)21-8-7-9-22(17-21)34(3,30)31)24-11-13-26(32-18-20(2)19-33-26)12-10-23(24)27-15-5-6-16-27/h5-9,17,20,23-24H,4,10-16,18-19H2,1-3H3. The van der Waals surface area contributed by atoms with Gasteiger partial charge < -0.3 is 14.4 Å². The van der Waals surface area contributed by atoms with Crippen molar-refractivity contribution in [2.45, 2.75) is 68.7 Å². The number of sulfone groups is 1. The summed E-state index contributed by atoms with van der Waals surface area (Å²) in [6.07, 6.45) is 9.61. The largest absolute Gasteiger partial charge is 0.350 e. The monoisotopic (exact) mass is 490 g/mol. The average molecular weight is 491 g/mol. The summed E-state index contributed by atoms with van der Waals surface area (Å²) in [4.78, 5) is 18.4. The van der Waals surface area contributed by atoms with Crippen molar-refractivity contribution in [3.8, 4) is 0 Å². The molecule has 2 fully saturated rings. The van der Waals surface area contributed by atoms with Crippen LogP contribution in [-0.2, 0) is 19.3 Å². The minimum absolute atomic E-state index is 0.000153. The van der Waals surface area contributed by atoms with Gasteiger partial charge in [-0.25, -0.2) is 8.42 Å². The van der Waals surface area contributed by atoms with Crippen molar-refractivity contribution in [1.82, 2.24) is 9.80 Å². The average Bonchev–Trinajstić information content (AvgIpc) is 3.29. The van der Waals surface area contributed by atoms with E-state index in [4.69, 9.17) is 9.47 Å². The lowest BCUT2D eigenvalue weighted by Crippen LogP contribution is -2.53. The van der Waals surface area contributed by atoms with E-state index < -0.39 is 15.6 Å². The Balaban J connectivity index is 1.64. The smallest absolute Gasteiger partial charge is 0.254 e. The highest BCUT2D eigenvalue weighted by molar-refractivity contribution is 7.90. The zero-order chi connectivity index (χ0) is 24.3. The normalized spacial score (nSPS) is 30.4. The zero-order valence-corrected chi connectivity index (χ0v) is 21.4. The van der Waals surface area contributed by atoms with E-state index in [1.807, 2.05) is 4.90 Å². The summed E-state index contributed by atoms with van der Waals surface area (Å²) in [6, 6.07) is 6.62. The molecule has 188 valence electrons. The van der Waals surface area contributed by atoms with Gasteiger partial charge in [-0.1, -0.05) is 32.1 Å². The van der Waals surface area contributed by atoms with E-state index in [9.17, 15) is 13.2 Å². The van der Waals surface area contributed by atoms with E-state index >= 15 is 0 Å². The fourth-order valence-corrected chi connectivity index (χ4v) is 6.12. The second-order valence-corrected chi connectivity index (χ2v) is 12.1. The first-order chi connectivity index (χ1) is 16.2. The number of amides is 1. The lowest BCUT2D eigenvalue weighted by molar-refractivity contribution is -0.286. The van der Waals surface area contributed by atoms with Crippen molar-refractivity contribution in [3.05, 3.63) is 42.0 Å². The molecule has 1 aliphatic carbocycles. The Kier molecular flexibility index (Phi) is 7.82. The maximum atomic E-state index is 13.8. The SMILES string of the molecule is CCCN(C(=O)c1cccc(S(C)(=O)=O)c1)C1CCC2(CCC1N1CC=CC1)OCC(C)CO2. The van der Waals surface area contributed by atoms with E-state index in [0.29, 0.717) is 31.2 Å². The highest BCUT2D eigenvalue weighted by Crippen LogP contribution is 2.38. The number of ether oxygens (including phenoxy) is 2. The van der Waals surface area contributed by atoms with Crippen molar-refractivity contribution in [2.75, 3.05) is 39.1 Å². The molecule has 1 aromatic carbocycles. The van der Waals surface area contributed by atoms with Gasteiger partial charge in [0, 0.05) is 62.3 Å². The summed E-state index contributed by atoms with van der Waals surface area (Å²) in [7, 11) is -3.39. The Hall–Kier alpha value is -1.74. The second kappa shape index (κ2) is 10.5. The summed E-state index contributed by atoms with van der Waals surface area (Å²) >= 11 is 0. The van der Waals surface area contributed by atoms with Crippen molar-refractivity contribution < 1.29 is 22.7 Å². The molecule has 1 aromatic rings. The van der Waals surface area contributed by atoms with E-state index in [0.717, 1.165) is 45.2 Å². The number of hydrogen-bond donors (Lipinski definition) is 0.